The summed E-state index contributed by atoms with van der Waals surface area (Å²) in [6.45, 7) is 6.72. The highest BCUT2D eigenvalue weighted by Gasteiger charge is 2.31. The first kappa shape index (κ1) is 21.1. The van der Waals surface area contributed by atoms with Crippen molar-refractivity contribution in [2.45, 2.75) is 39.2 Å². The monoisotopic (exact) mass is 413 g/mol. The van der Waals surface area contributed by atoms with Gasteiger partial charge in [-0.05, 0) is 54.3 Å². The van der Waals surface area contributed by atoms with Crippen LogP contribution >= 0.6 is 0 Å². The molecular weight excluding hydrogens is 386 g/mol. The number of sulfone groups is 1. The Morgan fingerprint density at radius 2 is 1.76 bits per heavy atom. The molecule has 1 atom stereocenters. The molecule has 2 aromatic rings. The van der Waals surface area contributed by atoms with Gasteiger partial charge in [0.25, 0.3) is 0 Å². The third kappa shape index (κ3) is 5.26. The van der Waals surface area contributed by atoms with Crippen molar-refractivity contribution in [1.82, 2.24) is 0 Å². The predicted molar refractivity (Wildman–Crippen MR) is 116 cm³/mol. The summed E-state index contributed by atoms with van der Waals surface area (Å²) < 4.78 is 29.4. The average Bonchev–Trinajstić information content (AvgIpc) is 3.03. The lowest BCUT2D eigenvalue weighted by molar-refractivity contribution is -0.118. The fourth-order valence-corrected chi connectivity index (χ4v) is 4.66. The second-order valence-electron chi connectivity index (χ2n) is 7.49. The van der Waals surface area contributed by atoms with Gasteiger partial charge in [0, 0.05) is 11.1 Å². The summed E-state index contributed by atoms with van der Waals surface area (Å²) in [6.07, 6.45) is 1.78. The van der Waals surface area contributed by atoms with Crippen molar-refractivity contribution in [3.05, 3.63) is 71.1 Å². The van der Waals surface area contributed by atoms with Gasteiger partial charge in [-0.25, -0.2) is 8.42 Å². The van der Waals surface area contributed by atoms with Crippen LogP contribution in [0.1, 0.15) is 37.8 Å². The molecule has 5 nitrogen and oxygen atoms in total. The zero-order valence-corrected chi connectivity index (χ0v) is 17.9. The van der Waals surface area contributed by atoms with E-state index in [1.165, 1.54) is 11.0 Å². The van der Waals surface area contributed by atoms with Crippen LogP contribution in [0.15, 0.2) is 60.0 Å². The maximum Gasteiger partial charge on any atom is 0.231 e. The van der Waals surface area contributed by atoms with Crippen molar-refractivity contribution in [2.24, 2.45) is 0 Å². The molecule has 1 aliphatic heterocycles. The first-order chi connectivity index (χ1) is 13.8. The van der Waals surface area contributed by atoms with E-state index in [0.717, 1.165) is 11.3 Å². The number of ether oxygens (including phenoxy) is 1. The molecule has 154 valence electrons. The number of rotatable bonds is 7. The molecule has 0 spiro atoms. The van der Waals surface area contributed by atoms with Crippen LogP contribution in [0.3, 0.4) is 0 Å². The van der Waals surface area contributed by atoms with Gasteiger partial charge < -0.3 is 9.64 Å². The fraction of sp³-hybridized carbons (Fsp3) is 0.348. The number of hydrogen-bond donors (Lipinski definition) is 0. The smallest absolute Gasteiger partial charge is 0.231 e. The zero-order chi connectivity index (χ0) is 21.0. The number of benzene rings is 2. The third-order valence-electron chi connectivity index (χ3n) is 4.94. The van der Waals surface area contributed by atoms with Crippen molar-refractivity contribution >= 4 is 21.4 Å². The Hall–Kier alpha value is -2.60. The van der Waals surface area contributed by atoms with E-state index in [0.29, 0.717) is 18.2 Å². The maximum atomic E-state index is 13.2. The lowest BCUT2D eigenvalue weighted by atomic mass is 10.0. The standard InChI is InChI=1S/C23H27NO4S/c1-4-28-22-11-5-18(6-12-22)15-23(25)24(21-13-14-29(26,27)16-21)20-9-7-19(8-10-20)17(2)3/h5-14,17,21H,4,15-16H2,1-3H3/t21-/m0/s1. The third-order valence-corrected chi connectivity index (χ3v) is 6.32. The van der Waals surface area contributed by atoms with Gasteiger partial charge in [-0.1, -0.05) is 38.1 Å². The van der Waals surface area contributed by atoms with Crippen molar-refractivity contribution in [2.75, 3.05) is 17.3 Å². The Morgan fingerprint density at radius 1 is 1.10 bits per heavy atom. The van der Waals surface area contributed by atoms with Gasteiger partial charge in [0.1, 0.15) is 5.75 Å². The summed E-state index contributed by atoms with van der Waals surface area (Å²) in [6, 6.07) is 14.7. The predicted octanol–water partition coefficient (Wildman–Crippen LogP) is 4.10. The van der Waals surface area contributed by atoms with Crippen LogP contribution in [-0.4, -0.2) is 32.7 Å². The zero-order valence-electron chi connectivity index (χ0n) is 17.0. The molecule has 1 aliphatic rings. The molecule has 0 radical (unpaired) electrons. The molecule has 6 heteroatoms. The Labute approximate surface area is 172 Å². The van der Waals surface area contributed by atoms with Crippen LogP contribution < -0.4 is 9.64 Å². The second kappa shape index (κ2) is 8.82. The van der Waals surface area contributed by atoms with Crippen LogP contribution in [-0.2, 0) is 21.1 Å². The van der Waals surface area contributed by atoms with E-state index in [9.17, 15) is 13.2 Å². The summed E-state index contributed by atoms with van der Waals surface area (Å²) in [5.74, 6) is 0.908. The van der Waals surface area contributed by atoms with Gasteiger partial charge >= 0.3 is 0 Å². The van der Waals surface area contributed by atoms with E-state index in [4.69, 9.17) is 4.74 Å². The second-order valence-corrected chi connectivity index (χ2v) is 9.42. The van der Waals surface area contributed by atoms with Gasteiger partial charge in [0.05, 0.1) is 24.8 Å². The lowest BCUT2D eigenvalue weighted by Gasteiger charge is -2.28. The molecule has 0 bridgehead atoms. The summed E-state index contributed by atoms with van der Waals surface area (Å²) >= 11 is 0. The van der Waals surface area contributed by atoms with Crippen LogP contribution in [0, 0.1) is 0 Å². The fourth-order valence-electron chi connectivity index (χ4n) is 3.39. The van der Waals surface area contributed by atoms with Gasteiger partial charge in [0.2, 0.25) is 5.91 Å². The first-order valence-electron chi connectivity index (χ1n) is 9.84. The molecule has 0 fully saturated rings. The number of amides is 1. The van der Waals surface area contributed by atoms with Crippen LogP contribution in [0.5, 0.6) is 5.75 Å². The summed E-state index contributed by atoms with van der Waals surface area (Å²) in [4.78, 5) is 14.8. The quantitative estimate of drug-likeness (QED) is 0.686. The topological polar surface area (TPSA) is 63.7 Å². The van der Waals surface area contributed by atoms with E-state index >= 15 is 0 Å². The van der Waals surface area contributed by atoms with E-state index in [-0.39, 0.29) is 18.1 Å². The van der Waals surface area contributed by atoms with Crippen molar-refractivity contribution in [1.29, 1.82) is 0 Å². The Bertz CT molecular complexity index is 977. The van der Waals surface area contributed by atoms with Gasteiger partial charge in [0.15, 0.2) is 9.84 Å². The molecule has 0 aliphatic carbocycles. The molecule has 0 N–H and O–H groups in total. The minimum absolute atomic E-state index is 0.0893. The molecule has 0 saturated heterocycles. The molecule has 0 saturated carbocycles. The summed E-state index contributed by atoms with van der Waals surface area (Å²) in [7, 11) is -3.28. The van der Waals surface area contributed by atoms with Crippen molar-refractivity contribution in [3.8, 4) is 5.75 Å². The Morgan fingerprint density at radius 3 is 2.28 bits per heavy atom. The Balaban J connectivity index is 1.86. The molecule has 1 amide bonds. The van der Waals surface area contributed by atoms with Crippen molar-refractivity contribution in [3.63, 3.8) is 0 Å². The largest absolute Gasteiger partial charge is 0.494 e. The number of anilines is 1. The number of hydrogen-bond acceptors (Lipinski definition) is 4. The average molecular weight is 414 g/mol. The minimum atomic E-state index is -3.28. The number of nitrogens with zero attached hydrogens (tertiary/aromatic N) is 1. The van der Waals surface area contributed by atoms with E-state index in [1.807, 2.05) is 55.5 Å². The SMILES string of the molecule is CCOc1ccc(CC(=O)N(c2ccc(C(C)C)cc2)[C@H]2C=CS(=O)(=O)C2)cc1. The van der Waals surface area contributed by atoms with Crippen LogP contribution in [0.2, 0.25) is 0 Å². The highest BCUT2D eigenvalue weighted by Crippen LogP contribution is 2.26. The molecule has 2 aromatic carbocycles. The van der Waals surface area contributed by atoms with E-state index in [2.05, 4.69) is 13.8 Å². The van der Waals surface area contributed by atoms with Crippen LogP contribution in [0.4, 0.5) is 5.69 Å². The molecule has 0 unspecified atom stereocenters. The summed E-state index contributed by atoms with van der Waals surface area (Å²) in [5, 5.41) is 1.21. The molecule has 3 rings (SSSR count). The van der Waals surface area contributed by atoms with Gasteiger partial charge in [-0.2, -0.15) is 0 Å². The number of carbonyl (C=O) groups excluding carboxylic acids is 1. The van der Waals surface area contributed by atoms with Crippen molar-refractivity contribution < 1.29 is 17.9 Å². The van der Waals surface area contributed by atoms with Crippen LogP contribution in [0.25, 0.3) is 0 Å². The maximum absolute atomic E-state index is 13.2. The minimum Gasteiger partial charge on any atom is -0.494 e. The molecular formula is C23H27NO4S. The van der Waals surface area contributed by atoms with E-state index in [1.54, 1.807) is 11.0 Å². The highest BCUT2D eigenvalue weighted by molar-refractivity contribution is 7.94. The highest BCUT2D eigenvalue weighted by atomic mass is 32.2. The lowest BCUT2D eigenvalue weighted by Crippen LogP contribution is -2.42. The molecule has 0 aromatic heterocycles. The van der Waals surface area contributed by atoms with Gasteiger partial charge in [-0.15, -0.1) is 0 Å². The number of carbonyl (C=O) groups is 1. The van der Waals surface area contributed by atoms with Gasteiger partial charge in [-0.3, -0.25) is 4.79 Å². The Kier molecular flexibility index (Phi) is 6.42. The first-order valence-corrected chi connectivity index (χ1v) is 11.6. The van der Waals surface area contributed by atoms with E-state index < -0.39 is 15.9 Å². The molecule has 29 heavy (non-hydrogen) atoms. The molecule has 1 heterocycles. The summed E-state index contributed by atoms with van der Waals surface area (Å²) in [5.41, 5.74) is 2.73. The normalized spacial score (nSPS) is 17.4.